The number of hydrogen-bond donors (Lipinski definition) is 0. The Balaban J connectivity index is 1.39. The van der Waals surface area contributed by atoms with Crippen LogP contribution in [0.5, 0.6) is 5.75 Å². The van der Waals surface area contributed by atoms with Crippen LogP contribution in [0, 0.1) is 0 Å². The molecule has 134 valence electrons. The molecular weight excluding hydrogens is 358 g/mol. The number of nitrogens with zero attached hydrogens (tertiary/aromatic N) is 1. The molecule has 0 saturated heterocycles. The largest absolute Gasteiger partial charge is 0.482 e. The first-order valence-corrected chi connectivity index (χ1v) is 8.43. The molecule has 2 amide bonds. The van der Waals surface area contributed by atoms with Crippen molar-refractivity contribution in [2.24, 2.45) is 0 Å². The maximum atomic E-state index is 12.2. The molecule has 0 radical (unpaired) electrons. The van der Waals surface area contributed by atoms with E-state index in [0.717, 1.165) is 0 Å². The molecule has 0 saturated carbocycles. The van der Waals surface area contributed by atoms with Crippen molar-refractivity contribution < 1.29 is 23.9 Å². The standard InChI is InChI=1S/C19H16ClNO5/c20-13-6-8-14(9-7-13)26-12-17(22)25-11-3-10-21-18(23)15-4-1-2-5-16(15)19(21)24/h1-2,4-9H,3,10-12H2. The van der Waals surface area contributed by atoms with Crippen molar-refractivity contribution >= 4 is 29.4 Å². The smallest absolute Gasteiger partial charge is 0.344 e. The lowest BCUT2D eigenvalue weighted by Gasteiger charge is -2.13. The number of carbonyl (C=O) groups excluding carboxylic acids is 3. The van der Waals surface area contributed by atoms with Crippen LogP contribution < -0.4 is 4.74 Å². The molecule has 2 aromatic rings. The monoisotopic (exact) mass is 373 g/mol. The van der Waals surface area contributed by atoms with E-state index in [9.17, 15) is 14.4 Å². The highest BCUT2D eigenvalue weighted by Gasteiger charge is 2.34. The maximum absolute atomic E-state index is 12.2. The van der Waals surface area contributed by atoms with Gasteiger partial charge in [0.15, 0.2) is 6.61 Å². The highest BCUT2D eigenvalue weighted by Crippen LogP contribution is 2.22. The van der Waals surface area contributed by atoms with Gasteiger partial charge in [-0.05, 0) is 42.8 Å². The minimum atomic E-state index is -0.526. The van der Waals surface area contributed by atoms with E-state index >= 15 is 0 Å². The van der Waals surface area contributed by atoms with Gasteiger partial charge in [-0.1, -0.05) is 23.7 Å². The normalized spacial score (nSPS) is 12.9. The van der Waals surface area contributed by atoms with Gasteiger partial charge >= 0.3 is 5.97 Å². The van der Waals surface area contributed by atoms with E-state index in [1.54, 1.807) is 48.5 Å². The number of hydrogen-bond acceptors (Lipinski definition) is 5. The van der Waals surface area contributed by atoms with Crippen molar-refractivity contribution in [3.63, 3.8) is 0 Å². The van der Waals surface area contributed by atoms with Gasteiger partial charge in [-0.25, -0.2) is 4.79 Å². The number of benzene rings is 2. The average molecular weight is 374 g/mol. The van der Waals surface area contributed by atoms with Gasteiger partial charge < -0.3 is 9.47 Å². The summed E-state index contributed by atoms with van der Waals surface area (Å²) in [6, 6.07) is 13.3. The minimum Gasteiger partial charge on any atom is -0.482 e. The van der Waals surface area contributed by atoms with Crippen LogP contribution in [0.15, 0.2) is 48.5 Å². The zero-order valence-corrected chi connectivity index (χ0v) is 14.6. The molecule has 26 heavy (non-hydrogen) atoms. The fourth-order valence-electron chi connectivity index (χ4n) is 2.57. The van der Waals surface area contributed by atoms with Gasteiger partial charge in [0.1, 0.15) is 5.75 Å². The van der Waals surface area contributed by atoms with Crippen molar-refractivity contribution in [1.29, 1.82) is 0 Å². The number of fused-ring (bicyclic) bond motifs is 1. The Kier molecular flexibility index (Phi) is 5.53. The molecule has 0 aromatic heterocycles. The molecule has 0 unspecified atom stereocenters. The third-order valence-corrected chi connectivity index (χ3v) is 4.09. The van der Waals surface area contributed by atoms with Gasteiger partial charge in [-0.3, -0.25) is 14.5 Å². The highest BCUT2D eigenvalue weighted by molar-refractivity contribution is 6.30. The Labute approximate surface area is 155 Å². The van der Waals surface area contributed by atoms with Gasteiger partial charge in [0.05, 0.1) is 17.7 Å². The summed E-state index contributed by atoms with van der Waals surface area (Å²) in [5.41, 5.74) is 0.816. The number of halogens is 1. The van der Waals surface area contributed by atoms with E-state index in [1.807, 2.05) is 0 Å². The lowest BCUT2D eigenvalue weighted by molar-refractivity contribution is -0.146. The first-order chi connectivity index (χ1) is 12.6. The maximum Gasteiger partial charge on any atom is 0.344 e. The SMILES string of the molecule is O=C(COc1ccc(Cl)cc1)OCCCN1C(=O)c2ccccc2C1=O. The third kappa shape index (κ3) is 4.03. The highest BCUT2D eigenvalue weighted by atomic mass is 35.5. The van der Waals surface area contributed by atoms with Crippen LogP contribution >= 0.6 is 11.6 Å². The van der Waals surface area contributed by atoms with Crippen molar-refractivity contribution in [2.45, 2.75) is 6.42 Å². The Bertz CT molecular complexity index is 799. The summed E-state index contributed by atoms with van der Waals surface area (Å²) in [5.74, 6) is -0.648. The summed E-state index contributed by atoms with van der Waals surface area (Å²) >= 11 is 5.76. The lowest BCUT2D eigenvalue weighted by Crippen LogP contribution is -2.31. The molecule has 6 nitrogen and oxygen atoms in total. The molecule has 0 aliphatic carbocycles. The molecule has 2 aromatic carbocycles. The molecule has 1 aliphatic heterocycles. The Morgan fingerprint density at radius 1 is 0.962 bits per heavy atom. The molecule has 0 N–H and O–H groups in total. The van der Waals surface area contributed by atoms with E-state index in [0.29, 0.717) is 28.3 Å². The Morgan fingerprint density at radius 3 is 2.19 bits per heavy atom. The zero-order chi connectivity index (χ0) is 18.5. The molecule has 3 rings (SSSR count). The fraction of sp³-hybridized carbons (Fsp3) is 0.211. The van der Waals surface area contributed by atoms with E-state index in [4.69, 9.17) is 21.1 Å². The first kappa shape index (κ1) is 17.9. The molecule has 1 aliphatic rings. The van der Waals surface area contributed by atoms with Crippen molar-refractivity contribution in [3.8, 4) is 5.75 Å². The van der Waals surface area contributed by atoms with Crippen LogP contribution in [0.1, 0.15) is 27.1 Å². The second-order valence-electron chi connectivity index (χ2n) is 5.62. The number of rotatable bonds is 7. The van der Waals surface area contributed by atoms with Gasteiger partial charge in [0, 0.05) is 11.6 Å². The van der Waals surface area contributed by atoms with Crippen LogP contribution in [0.3, 0.4) is 0 Å². The summed E-state index contributed by atoms with van der Waals surface area (Å²) in [7, 11) is 0. The predicted octanol–water partition coefficient (Wildman–Crippen LogP) is 2.95. The second kappa shape index (κ2) is 8.01. The lowest BCUT2D eigenvalue weighted by atomic mass is 10.1. The van der Waals surface area contributed by atoms with Crippen molar-refractivity contribution in [2.75, 3.05) is 19.8 Å². The average Bonchev–Trinajstić information content (AvgIpc) is 2.89. The van der Waals surface area contributed by atoms with Crippen LogP contribution in [0.4, 0.5) is 0 Å². The van der Waals surface area contributed by atoms with Crippen LogP contribution in [0.2, 0.25) is 5.02 Å². The number of amides is 2. The molecule has 1 heterocycles. The summed E-state index contributed by atoms with van der Waals surface area (Å²) in [5, 5.41) is 0.577. The molecule has 0 spiro atoms. The van der Waals surface area contributed by atoms with Crippen LogP contribution in [-0.2, 0) is 9.53 Å². The number of esters is 1. The van der Waals surface area contributed by atoms with E-state index in [2.05, 4.69) is 0 Å². The fourth-order valence-corrected chi connectivity index (χ4v) is 2.69. The molecular formula is C19H16ClNO5. The van der Waals surface area contributed by atoms with Crippen molar-refractivity contribution in [3.05, 3.63) is 64.7 Å². The Hall–Kier alpha value is -2.86. The van der Waals surface area contributed by atoms with Crippen molar-refractivity contribution in [1.82, 2.24) is 4.90 Å². The van der Waals surface area contributed by atoms with Gasteiger partial charge in [0.25, 0.3) is 11.8 Å². The number of ether oxygens (including phenoxy) is 2. The topological polar surface area (TPSA) is 72.9 Å². The number of carbonyl (C=O) groups is 3. The van der Waals surface area contributed by atoms with Gasteiger partial charge in [-0.15, -0.1) is 0 Å². The Morgan fingerprint density at radius 2 is 1.58 bits per heavy atom. The van der Waals surface area contributed by atoms with E-state index in [-0.39, 0.29) is 31.6 Å². The zero-order valence-electron chi connectivity index (χ0n) is 13.8. The molecule has 0 fully saturated rings. The van der Waals surface area contributed by atoms with E-state index < -0.39 is 5.97 Å². The molecule has 0 atom stereocenters. The summed E-state index contributed by atoms with van der Waals surface area (Å²) < 4.78 is 10.3. The van der Waals surface area contributed by atoms with Crippen LogP contribution in [-0.4, -0.2) is 42.4 Å². The summed E-state index contributed by atoms with van der Waals surface area (Å²) in [6.07, 6.45) is 0.359. The van der Waals surface area contributed by atoms with Gasteiger partial charge in [-0.2, -0.15) is 0 Å². The second-order valence-corrected chi connectivity index (χ2v) is 6.06. The summed E-state index contributed by atoms with van der Waals surface area (Å²) in [4.78, 5) is 37.2. The molecule has 0 bridgehead atoms. The summed E-state index contributed by atoms with van der Waals surface area (Å²) in [6.45, 7) is 0.0581. The van der Waals surface area contributed by atoms with Gasteiger partial charge in [0.2, 0.25) is 0 Å². The first-order valence-electron chi connectivity index (χ1n) is 8.05. The minimum absolute atomic E-state index is 0.0935. The molecule has 7 heteroatoms. The quantitative estimate of drug-likeness (QED) is 0.424. The predicted molar refractivity (Wildman–Crippen MR) is 94.3 cm³/mol. The van der Waals surface area contributed by atoms with Crippen LogP contribution in [0.25, 0.3) is 0 Å². The third-order valence-electron chi connectivity index (χ3n) is 3.84. The number of imide groups is 1. The van der Waals surface area contributed by atoms with E-state index in [1.165, 1.54) is 4.90 Å².